The SMILES string of the molecule is CC1(C)C(=O)NC(=O)N1CC(=O)NCCC1CCNC1.Cl. The molecule has 3 N–H and O–H groups in total. The summed E-state index contributed by atoms with van der Waals surface area (Å²) in [6.07, 6.45) is 2.08. The van der Waals surface area contributed by atoms with Crippen molar-refractivity contribution in [1.29, 1.82) is 0 Å². The van der Waals surface area contributed by atoms with Gasteiger partial charge in [-0.05, 0) is 45.7 Å². The Balaban J connectivity index is 0.00000220. The summed E-state index contributed by atoms with van der Waals surface area (Å²) in [5.41, 5.74) is -0.968. The van der Waals surface area contributed by atoms with Crippen molar-refractivity contribution in [2.24, 2.45) is 5.92 Å². The summed E-state index contributed by atoms with van der Waals surface area (Å²) in [5.74, 6) is 0.0182. The summed E-state index contributed by atoms with van der Waals surface area (Å²) < 4.78 is 0. The molecule has 120 valence electrons. The number of carbonyl (C=O) groups excluding carboxylic acids is 3. The highest BCUT2D eigenvalue weighted by Gasteiger charge is 2.46. The van der Waals surface area contributed by atoms with Crippen LogP contribution >= 0.6 is 12.4 Å². The average Bonchev–Trinajstić information content (AvgIpc) is 2.93. The van der Waals surface area contributed by atoms with Gasteiger partial charge in [0.1, 0.15) is 12.1 Å². The molecule has 0 spiro atoms. The molecule has 2 saturated heterocycles. The van der Waals surface area contributed by atoms with Gasteiger partial charge in [0.05, 0.1) is 0 Å². The van der Waals surface area contributed by atoms with E-state index in [-0.39, 0.29) is 30.8 Å². The van der Waals surface area contributed by atoms with Gasteiger partial charge >= 0.3 is 6.03 Å². The second-order valence-corrected chi connectivity index (χ2v) is 5.90. The number of nitrogens with zero attached hydrogens (tertiary/aromatic N) is 1. The molecule has 0 bridgehead atoms. The number of nitrogens with one attached hydrogen (secondary N) is 3. The molecule has 0 aromatic carbocycles. The summed E-state index contributed by atoms with van der Waals surface area (Å²) >= 11 is 0. The standard InChI is InChI=1S/C13H22N4O3.ClH/c1-13(2)11(19)16-12(20)17(13)8-10(18)15-6-4-9-3-5-14-7-9;/h9,14H,3-8H2,1-2H3,(H,15,18)(H,16,19,20);1H. The molecule has 2 fully saturated rings. The molecule has 8 heteroatoms. The van der Waals surface area contributed by atoms with Crippen LogP contribution in [0.1, 0.15) is 26.7 Å². The Hall–Kier alpha value is -1.34. The third kappa shape index (κ3) is 4.07. The van der Waals surface area contributed by atoms with Gasteiger partial charge in [-0.15, -0.1) is 12.4 Å². The Morgan fingerprint density at radius 2 is 2.14 bits per heavy atom. The van der Waals surface area contributed by atoms with E-state index in [0.717, 1.165) is 25.9 Å². The van der Waals surface area contributed by atoms with E-state index in [9.17, 15) is 14.4 Å². The molecule has 2 aliphatic heterocycles. The molecule has 0 radical (unpaired) electrons. The van der Waals surface area contributed by atoms with Crippen molar-refractivity contribution in [3.05, 3.63) is 0 Å². The first-order valence-electron chi connectivity index (χ1n) is 7.01. The van der Waals surface area contributed by atoms with Crippen molar-refractivity contribution in [3.63, 3.8) is 0 Å². The van der Waals surface area contributed by atoms with Gasteiger partial charge in [0.2, 0.25) is 5.91 Å². The molecule has 4 amide bonds. The molecular formula is C13H23ClN4O3. The van der Waals surface area contributed by atoms with Gasteiger partial charge in [-0.3, -0.25) is 14.9 Å². The minimum Gasteiger partial charge on any atom is -0.355 e. The van der Waals surface area contributed by atoms with E-state index in [1.165, 1.54) is 4.90 Å². The van der Waals surface area contributed by atoms with E-state index < -0.39 is 11.6 Å². The highest BCUT2D eigenvalue weighted by atomic mass is 35.5. The summed E-state index contributed by atoms with van der Waals surface area (Å²) in [7, 11) is 0. The van der Waals surface area contributed by atoms with E-state index in [0.29, 0.717) is 12.5 Å². The summed E-state index contributed by atoms with van der Waals surface area (Å²) in [6, 6.07) is -0.504. The molecule has 2 aliphatic rings. The number of hydrogen-bond acceptors (Lipinski definition) is 4. The van der Waals surface area contributed by atoms with Crippen LogP contribution in [0.4, 0.5) is 4.79 Å². The van der Waals surface area contributed by atoms with Crippen LogP contribution < -0.4 is 16.0 Å². The zero-order valence-corrected chi connectivity index (χ0v) is 13.2. The summed E-state index contributed by atoms with van der Waals surface area (Å²) in [6.45, 7) is 5.83. The fraction of sp³-hybridized carbons (Fsp3) is 0.769. The molecule has 0 aromatic heterocycles. The fourth-order valence-corrected chi connectivity index (χ4v) is 2.54. The second kappa shape index (κ2) is 7.09. The lowest BCUT2D eigenvalue weighted by molar-refractivity contribution is -0.127. The number of amides is 4. The van der Waals surface area contributed by atoms with Crippen molar-refractivity contribution in [3.8, 4) is 0 Å². The molecule has 1 unspecified atom stereocenters. The van der Waals surface area contributed by atoms with Crippen molar-refractivity contribution in [2.45, 2.75) is 32.2 Å². The molecular weight excluding hydrogens is 296 g/mol. The summed E-state index contributed by atoms with van der Waals surface area (Å²) in [5, 5.41) is 8.31. The topological polar surface area (TPSA) is 90.5 Å². The molecule has 0 aliphatic carbocycles. The smallest absolute Gasteiger partial charge is 0.325 e. The van der Waals surface area contributed by atoms with Gasteiger partial charge in [0.15, 0.2) is 0 Å². The Bertz CT molecular complexity index is 422. The van der Waals surface area contributed by atoms with Crippen molar-refractivity contribution in [2.75, 3.05) is 26.2 Å². The van der Waals surface area contributed by atoms with Gasteiger partial charge < -0.3 is 15.5 Å². The number of urea groups is 1. The first kappa shape index (κ1) is 17.7. The third-order valence-corrected chi connectivity index (χ3v) is 4.03. The minimum atomic E-state index is -0.968. The van der Waals surface area contributed by atoms with Crippen LogP contribution in [-0.2, 0) is 9.59 Å². The number of imide groups is 1. The molecule has 0 aromatic rings. The molecule has 0 saturated carbocycles. The van der Waals surface area contributed by atoms with Crippen molar-refractivity contribution in [1.82, 2.24) is 20.9 Å². The van der Waals surface area contributed by atoms with Crippen molar-refractivity contribution >= 4 is 30.3 Å². The second-order valence-electron chi connectivity index (χ2n) is 5.90. The predicted octanol–water partition coefficient (Wildman–Crippen LogP) is -0.146. The molecule has 7 nitrogen and oxygen atoms in total. The fourth-order valence-electron chi connectivity index (χ4n) is 2.54. The summed E-state index contributed by atoms with van der Waals surface area (Å²) in [4.78, 5) is 36.3. The maximum Gasteiger partial charge on any atom is 0.325 e. The zero-order valence-electron chi connectivity index (χ0n) is 12.4. The minimum absolute atomic E-state index is 0. The average molecular weight is 319 g/mol. The van der Waals surface area contributed by atoms with Crippen LogP contribution in [0.15, 0.2) is 0 Å². The van der Waals surface area contributed by atoms with E-state index in [1.54, 1.807) is 13.8 Å². The lowest BCUT2D eigenvalue weighted by atomic mass is 10.0. The number of carbonyl (C=O) groups is 3. The van der Waals surface area contributed by atoms with Crippen molar-refractivity contribution < 1.29 is 14.4 Å². The Morgan fingerprint density at radius 1 is 1.43 bits per heavy atom. The predicted molar refractivity (Wildman–Crippen MR) is 80.2 cm³/mol. The Labute approximate surface area is 130 Å². The lowest BCUT2D eigenvalue weighted by Crippen LogP contribution is -2.49. The first-order valence-corrected chi connectivity index (χ1v) is 7.01. The quantitative estimate of drug-likeness (QED) is 0.615. The van der Waals surface area contributed by atoms with Gasteiger partial charge in [-0.25, -0.2) is 4.79 Å². The van der Waals surface area contributed by atoms with E-state index in [1.807, 2.05) is 0 Å². The van der Waals surface area contributed by atoms with E-state index in [2.05, 4.69) is 16.0 Å². The van der Waals surface area contributed by atoms with E-state index in [4.69, 9.17) is 0 Å². The maximum atomic E-state index is 11.9. The lowest BCUT2D eigenvalue weighted by Gasteiger charge is -2.27. The number of rotatable bonds is 5. The van der Waals surface area contributed by atoms with Crippen LogP contribution in [0.5, 0.6) is 0 Å². The van der Waals surface area contributed by atoms with Gasteiger partial charge in [-0.1, -0.05) is 0 Å². The number of halogens is 1. The first-order chi connectivity index (χ1) is 9.41. The van der Waals surface area contributed by atoms with Gasteiger partial charge in [0, 0.05) is 6.54 Å². The van der Waals surface area contributed by atoms with Gasteiger partial charge in [-0.2, -0.15) is 0 Å². The Kier molecular flexibility index (Phi) is 5.98. The highest BCUT2D eigenvalue weighted by Crippen LogP contribution is 2.20. The molecule has 2 rings (SSSR count). The molecule has 1 atom stereocenters. The zero-order chi connectivity index (χ0) is 14.8. The maximum absolute atomic E-state index is 11.9. The van der Waals surface area contributed by atoms with Crippen LogP contribution in [0.2, 0.25) is 0 Å². The van der Waals surface area contributed by atoms with Gasteiger partial charge in [0.25, 0.3) is 5.91 Å². The van der Waals surface area contributed by atoms with Crippen LogP contribution in [0.3, 0.4) is 0 Å². The van der Waals surface area contributed by atoms with E-state index >= 15 is 0 Å². The van der Waals surface area contributed by atoms with Crippen LogP contribution in [-0.4, -0.2) is 54.5 Å². The monoisotopic (exact) mass is 318 g/mol. The number of hydrogen-bond donors (Lipinski definition) is 3. The van der Waals surface area contributed by atoms with Crippen LogP contribution in [0, 0.1) is 5.92 Å². The normalized spacial score (nSPS) is 23.7. The molecule has 21 heavy (non-hydrogen) atoms. The molecule has 2 heterocycles. The highest BCUT2D eigenvalue weighted by molar-refractivity contribution is 6.07. The Morgan fingerprint density at radius 3 is 2.67 bits per heavy atom. The largest absolute Gasteiger partial charge is 0.355 e. The third-order valence-electron chi connectivity index (χ3n) is 4.03. The van der Waals surface area contributed by atoms with Crippen LogP contribution in [0.25, 0.3) is 0 Å².